The topological polar surface area (TPSA) is 46.9 Å². The van der Waals surface area contributed by atoms with E-state index < -0.39 is 0 Å². The number of hydrogen-bond acceptors (Lipinski definition) is 4. The SMILES string of the molecule is CCn1ncc(NCCCSC)c(Cl)c1=O. The summed E-state index contributed by atoms with van der Waals surface area (Å²) in [6.45, 7) is 3.19. The van der Waals surface area contributed by atoms with E-state index in [4.69, 9.17) is 11.6 Å². The zero-order chi connectivity index (χ0) is 12.0. The molecular weight excluding hydrogens is 246 g/mol. The number of nitrogens with zero attached hydrogens (tertiary/aromatic N) is 2. The molecular formula is C10H16ClN3OS. The molecule has 0 radical (unpaired) electrons. The predicted molar refractivity (Wildman–Crippen MR) is 70.7 cm³/mol. The molecule has 0 aliphatic carbocycles. The lowest BCUT2D eigenvalue weighted by Crippen LogP contribution is -2.23. The van der Waals surface area contributed by atoms with E-state index in [1.807, 2.05) is 6.92 Å². The summed E-state index contributed by atoms with van der Waals surface area (Å²) in [5.41, 5.74) is 0.386. The molecule has 90 valence electrons. The Balaban J connectivity index is 2.68. The predicted octanol–water partition coefficient (Wildman–Crippen LogP) is 2.08. The smallest absolute Gasteiger partial charge is 0.287 e. The van der Waals surface area contributed by atoms with Crippen LogP contribution in [0, 0.1) is 0 Å². The quantitative estimate of drug-likeness (QED) is 0.797. The summed E-state index contributed by atoms with van der Waals surface area (Å²) < 4.78 is 1.34. The highest BCUT2D eigenvalue weighted by molar-refractivity contribution is 7.98. The maximum absolute atomic E-state index is 11.6. The van der Waals surface area contributed by atoms with Crippen molar-refractivity contribution in [3.63, 3.8) is 0 Å². The van der Waals surface area contributed by atoms with Gasteiger partial charge in [0, 0.05) is 13.1 Å². The first-order valence-electron chi connectivity index (χ1n) is 5.19. The van der Waals surface area contributed by atoms with Gasteiger partial charge in [-0.3, -0.25) is 4.79 Å². The van der Waals surface area contributed by atoms with Crippen LogP contribution in [0.3, 0.4) is 0 Å². The van der Waals surface area contributed by atoms with E-state index in [1.54, 1.807) is 18.0 Å². The van der Waals surface area contributed by atoms with Crippen LogP contribution in [0.25, 0.3) is 0 Å². The first kappa shape index (κ1) is 13.4. The Bertz CT molecular complexity index is 394. The standard InChI is InChI=1S/C10H16ClN3OS/c1-3-14-10(15)9(11)8(7-13-14)12-5-4-6-16-2/h7,12H,3-6H2,1-2H3. The largest absolute Gasteiger partial charge is 0.382 e. The van der Waals surface area contributed by atoms with Crippen LogP contribution in [0.2, 0.25) is 5.02 Å². The second-order valence-electron chi connectivity index (χ2n) is 3.27. The number of aromatic nitrogens is 2. The first-order valence-corrected chi connectivity index (χ1v) is 6.96. The summed E-state index contributed by atoms with van der Waals surface area (Å²) >= 11 is 7.74. The number of rotatable bonds is 6. The van der Waals surface area contributed by atoms with Gasteiger partial charge in [0.2, 0.25) is 0 Å². The third-order valence-corrected chi connectivity index (χ3v) is 3.19. The van der Waals surface area contributed by atoms with Gasteiger partial charge in [-0.2, -0.15) is 16.9 Å². The van der Waals surface area contributed by atoms with E-state index >= 15 is 0 Å². The molecule has 1 rings (SSSR count). The molecule has 0 aliphatic rings. The fraction of sp³-hybridized carbons (Fsp3) is 0.600. The van der Waals surface area contributed by atoms with E-state index in [0.29, 0.717) is 12.2 Å². The summed E-state index contributed by atoms with van der Waals surface area (Å²) in [5, 5.41) is 7.35. The summed E-state index contributed by atoms with van der Waals surface area (Å²) in [5.74, 6) is 1.09. The van der Waals surface area contributed by atoms with E-state index in [-0.39, 0.29) is 10.6 Å². The Morgan fingerprint density at radius 2 is 2.38 bits per heavy atom. The Hall–Kier alpha value is -0.680. The van der Waals surface area contributed by atoms with Gasteiger partial charge >= 0.3 is 0 Å². The van der Waals surface area contributed by atoms with Crippen LogP contribution in [-0.2, 0) is 6.54 Å². The molecule has 0 aliphatic heterocycles. The van der Waals surface area contributed by atoms with Gasteiger partial charge in [0.05, 0.1) is 11.9 Å². The Labute approximate surface area is 104 Å². The van der Waals surface area contributed by atoms with Gasteiger partial charge in [-0.25, -0.2) is 4.68 Å². The molecule has 0 bridgehead atoms. The third kappa shape index (κ3) is 3.42. The van der Waals surface area contributed by atoms with Gasteiger partial charge in [0.25, 0.3) is 5.56 Å². The van der Waals surface area contributed by atoms with Crippen molar-refractivity contribution in [1.29, 1.82) is 0 Å². The summed E-state index contributed by atoms with van der Waals surface area (Å²) in [4.78, 5) is 11.6. The molecule has 4 nitrogen and oxygen atoms in total. The zero-order valence-electron chi connectivity index (χ0n) is 9.49. The Kier molecular flexibility index (Phi) is 5.69. The Morgan fingerprint density at radius 3 is 3.00 bits per heavy atom. The van der Waals surface area contributed by atoms with Crippen LogP contribution < -0.4 is 10.9 Å². The molecule has 0 unspecified atom stereocenters. The average molecular weight is 262 g/mol. The number of hydrogen-bond donors (Lipinski definition) is 1. The maximum Gasteiger partial charge on any atom is 0.287 e. The molecule has 0 aromatic carbocycles. The fourth-order valence-electron chi connectivity index (χ4n) is 1.25. The van der Waals surface area contributed by atoms with Crippen LogP contribution in [0.1, 0.15) is 13.3 Å². The zero-order valence-corrected chi connectivity index (χ0v) is 11.1. The second-order valence-corrected chi connectivity index (χ2v) is 4.63. The molecule has 6 heteroatoms. The highest BCUT2D eigenvalue weighted by atomic mass is 35.5. The second kappa shape index (κ2) is 6.81. The van der Waals surface area contributed by atoms with E-state index in [0.717, 1.165) is 18.7 Å². The maximum atomic E-state index is 11.6. The molecule has 1 heterocycles. The normalized spacial score (nSPS) is 10.4. The number of aryl methyl sites for hydroxylation is 1. The molecule has 0 spiro atoms. The number of thioether (sulfide) groups is 1. The van der Waals surface area contributed by atoms with E-state index in [2.05, 4.69) is 16.7 Å². The number of halogens is 1. The molecule has 1 aromatic heterocycles. The average Bonchev–Trinajstić information content (AvgIpc) is 2.30. The van der Waals surface area contributed by atoms with Crippen LogP contribution in [0.15, 0.2) is 11.0 Å². The molecule has 16 heavy (non-hydrogen) atoms. The lowest BCUT2D eigenvalue weighted by atomic mass is 10.4. The van der Waals surface area contributed by atoms with Crippen molar-refractivity contribution < 1.29 is 0 Å². The number of anilines is 1. The van der Waals surface area contributed by atoms with Gasteiger partial charge in [-0.05, 0) is 25.4 Å². The van der Waals surface area contributed by atoms with Crippen LogP contribution >= 0.6 is 23.4 Å². The molecule has 1 N–H and O–H groups in total. The van der Waals surface area contributed by atoms with Crippen molar-refractivity contribution in [2.45, 2.75) is 19.9 Å². The minimum atomic E-state index is -0.237. The Morgan fingerprint density at radius 1 is 1.62 bits per heavy atom. The third-order valence-electron chi connectivity index (χ3n) is 2.13. The minimum Gasteiger partial charge on any atom is -0.382 e. The van der Waals surface area contributed by atoms with Crippen LogP contribution in [0.4, 0.5) is 5.69 Å². The van der Waals surface area contributed by atoms with Crippen molar-refractivity contribution in [1.82, 2.24) is 9.78 Å². The van der Waals surface area contributed by atoms with Crippen molar-refractivity contribution in [3.8, 4) is 0 Å². The highest BCUT2D eigenvalue weighted by Gasteiger charge is 2.07. The fourth-order valence-corrected chi connectivity index (χ4v) is 1.90. The van der Waals surface area contributed by atoms with Gasteiger partial charge < -0.3 is 5.32 Å². The summed E-state index contributed by atoms with van der Waals surface area (Å²) in [6, 6.07) is 0. The lowest BCUT2D eigenvalue weighted by Gasteiger charge is -2.08. The van der Waals surface area contributed by atoms with Crippen molar-refractivity contribution in [2.75, 3.05) is 23.9 Å². The van der Waals surface area contributed by atoms with Crippen LogP contribution in [-0.4, -0.2) is 28.3 Å². The molecule has 1 aromatic rings. The van der Waals surface area contributed by atoms with E-state index in [1.165, 1.54) is 4.68 Å². The first-order chi connectivity index (χ1) is 7.70. The lowest BCUT2D eigenvalue weighted by molar-refractivity contribution is 0.616. The highest BCUT2D eigenvalue weighted by Crippen LogP contribution is 2.15. The number of nitrogens with one attached hydrogen (secondary N) is 1. The summed E-state index contributed by atoms with van der Waals surface area (Å²) in [7, 11) is 0. The van der Waals surface area contributed by atoms with Crippen molar-refractivity contribution in [2.24, 2.45) is 0 Å². The van der Waals surface area contributed by atoms with E-state index in [9.17, 15) is 4.79 Å². The van der Waals surface area contributed by atoms with Crippen LogP contribution in [0.5, 0.6) is 0 Å². The van der Waals surface area contributed by atoms with Crippen molar-refractivity contribution >= 4 is 29.1 Å². The minimum absolute atomic E-state index is 0.223. The van der Waals surface area contributed by atoms with Gasteiger partial charge in [-0.15, -0.1) is 0 Å². The molecule has 0 fully saturated rings. The van der Waals surface area contributed by atoms with Gasteiger partial charge in [0.1, 0.15) is 5.02 Å². The molecule has 0 saturated heterocycles. The summed E-state index contributed by atoms with van der Waals surface area (Å²) in [6.07, 6.45) is 4.71. The molecule has 0 saturated carbocycles. The molecule has 0 atom stereocenters. The molecule has 0 amide bonds. The van der Waals surface area contributed by atoms with Gasteiger partial charge in [-0.1, -0.05) is 11.6 Å². The van der Waals surface area contributed by atoms with Crippen molar-refractivity contribution in [3.05, 3.63) is 21.6 Å². The monoisotopic (exact) mass is 261 g/mol. The van der Waals surface area contributed by atoms with Gasteiger partial charge in [0.15, 0.2) is 0 Å².